The Balaban J connectivity index is 0.000000730. The fourth-order valence-electron chi connectivity index (χ4n) is 2.47. The summed E-state index contributed by atoms with van der Waals surface area (Å²) in [5, 5.41) is 0. The van der Waals surface area contributed by atoms with E-state index in [1.807, 2.05) is 76.2 Å². The zero-order valence-electron chi connectivity index (χ0n) is 15.6. The van der Waals surface area contributed by atoms with Crippen LogP contribution in [-0.4, -0.2) is 23.4 Å². The first-order valence-electron chi connectivity index (χ1n) is 8.96. The maximum atomic E-state index is 12.6. The lowest BCUT2D eigenvalue weighted by Gasteiger charge is -2.34. The van der Waals surface area contributed by atoms with Crippen LogP contribution in [0.4, 0.5) is 10.5 Å². The van der Waals surface area contributed by atoms with Crippen molar-refractivity contribution >= 4 is 17.6 Å². The smallest absolute Gasteiger partial charge is 0.319 e. The van der Waals surface area contributed by atoms with Crippen LogP contribution in [0.5, 0.6) is 0 Å². The monoisotopic (exact) mass is 340 g/mol. The maximum Gasteiger partial charge on any atom is 0.331 e. The van der Waals surface area contributed by atoms with Gasteiger partial charge in [0.15, 0.2) is 0 Å². The number of benzene rings is 2. The molecule has 1 aliphatic heterocycles. The third-order valence-corrected chi connectivity index (χ3v) is 3.54. The highest BCUT2D eigenvalue weighted by atomic mass is 16.2. The number of rotatable bonds is 3. The number of carbonyl (C=O) groups is 2. The lowest BCUT2D eigenvalue weighted by atomic mass is 10.1. The van der Waals surface area contributed by atoms with Crippen LogP contribution in [0.15, 0.2) is 60.7 Å². The molecule has 2 aromatic carbocycles. The molecule has 2 aromatic rings. The maximum absolute atomic E-state index is 12.6. The van der Waals surface area contributed by atoms with Gasteiger partial charge in [-0.1, -0.05) is 76.2 Å². The Morgan fingerprint density at radius 3 is 1.88 bits per heavy atom. The van der Waals surface area contributed by atoms with Crippen LogP contribution in [0.2, 0.25) is 0 Å². The molecular formula is C21H28N2O2. The number of hydrogen-bond donors (Lipinski definition) is 0. The molecule has 0 saturated carbocycles. The predicted molar refractivity (Wildman–Crippen MR) is 103 cm³/mol. The van der Waals surface area contributed by atoms with Crippen LogP contribution >= 0.6 is 0 Å². The molecule has 4 heteroatoms. The molecule has 0 atom stereocenters. The number of imide groups is 1. The number of carbonyl (C=O) groups excluding carboxylic acids is 2. The van der Waals surface area contributed by atoms with Crippen LogP contribution in [0.1, 0.15) is 39.7 Å². The summed E-state index contributed by atoms with van der Waals surface area (Å²) in [6, 6.07) is 18.6. The Morgan fingerprint density at radius 1 is 0.800 bits per heavy atom. The van der Waals surface area contributed by atoms with Crippen molar-refractivity contribution in [2.24, 2.45) is 0 Å². The highest BCUT2D eigenvalue weighted by Gasteiger charge is 2.32. The van der Waals surface area contributed by atoms with Crippen LogP contribution in [0.25, 0.3) is 0 Å². The molecule has 0 aromatic heterocycles. The van der Waals surface area contributed by atoms with Crippen molar-refractivity contribution in [3.05, 3.63) is 66.2 Å². The Hall–Kier alpha value is -2.62. The SMILES string of the molecule is CC.CC.O=C1CCN(Cc2ccccc2)C(=O)N1c1ccccc1. The Kier molecular flexibility index (Phi) is 9.01. The number of nitrogens with zero attached hydrogens (tertiary/aromatic N) is 2. The summed E-state index contributed by atoms with van der Waals surface area (Å²) in [5.74, 6) is -0.143. The second-order valence-electron chi connectivity index (χ2n) is 5.00. The van der Waals surface area contributed by atoms with Crippen LogP contribution < -0.4 is 4.90 Å². The molecule has 1 aliphatic rings. The van der Waals surface area contributed by atoms with E-state index in [1.165, 1.54) is 4.90 Å². The van der Waals surface area contributed by atoms with Gasteiger partial charge in [0.05, 0.1) is 5.69 Å². The lowest BCUT2D eigenvalue weighted by Crippen LogP contribution is -2.52. The fourth-order valence-corrected chi connectivity index (χ4v) is 2.47. The van der Waals surface area contributed by atoms with Crippen LogP contribution in [0.3, 0.4) is 0 Å². The van der Waals surface area contributed by atoms with Gasteiger partial charge < -0.3 is 4.90 Å². The number of amides is 3. The first-order chi connectivity index (χ1) is 12.3. The van der Waals surface area contributed by atoms with Gasteiger partial charge in [-0.15, -0.1) is 0 Å². The standard InChI is InChI=1S/C17H16N2O2.2C2H6/c20-16-11-12-18(13-14-7-3-1-4-8-14)17(21)19(16)15-9-5-2-6-10-15;2*1-2/h1-10H,11-13H2;2*1-2H3. The highest BCUT2D eigenvalue weighted by molar-refractivity contribution is 6.15. The van der Waals surface area contributed by atoms with E-state index < -0.39 is 0 Å². The lowest BCUT2D eigenvalue weighted by molar-refractivity contribution is -0.119. The van der Waals surface area contributed by atoms with E-state index in [4.69, 9.17) is 0 Å². The van der Waals surface area contributed by atoms with Crippen molar-refractivity contribution in [2.45, 2.75) is 40.7 Å². The molecule has 1 fully saturated rings. The van der Waals surface area contributed by atoms with Crippen molar-refractivity contribution in [3.8, 4) is 0 Å². The predicted octanol–water partition coefficient (Wildman–Crippen LogP) is 5.10. The van der Waals surface area contributed by atoms with E-state index in [9.17, 15) is 9.59 Å². The first-order valence-corrected chi connectivity index (χ1v) is 8.96. The molecule has 0 aliphatic carbocycles. The second kappa shape index (κ2) is 11.0. The molecule has 25 heavy (non-hydrogen) atoms. The topological polar surface area (TPSA) is 40.6 Å². The van der Waals surface area contributed by atoms with Gasteiger partial charge in [-0.05, 0) is 17.7 Å². The van der Waals surface area contributed by atoms with Crippen LogP contribution in [-0.2, 0) is 11.3 Å². The van der Waals surface area contributed by atoms with Gasteiger partial charge in [0.1, 0.15) is 0 Å². The minimum atomic E-state index is -0.249. The number of para-hydroxylation sites is 1. The summed E-state index contributed by atoms with van der Waals surface area (Å²) in [6.07, 6.45) is 0.355. The highest BCUT2D eigenvalue weighted by Crippen LogP contribution is 2.21. The molecule has 3 amide bonds. The third kappa shape index (κ3) is 5.45. The molecule has 1 heterocycles. The van der Waals surface area contributed by atoms with Crippen molar-refractivity contribution in [1.29, 1.82) is 0 Å². The molecular weight excluding hydrogens is 312 g/mol. The average Bonchev–Trinajstić information content (AvgIpc) is 2.69. The summed E-state index contributed by atoms with van der Waals surface area (Å²) in [7, 11) is 0. The summed E-state index contributed by atoms with van der Waals surface area (Å²) in [6.45, 7) is 8.99. The van der Waals surface area contributed by atoms with E-state index in [1.54, 1.807) is 17.0 Å². The van der Waals surface area contributed by atoms with Gasteiger partial charge in [-0.3, -0.25) is 4.79 Å². The van der Waals surface area contributed by atoms with Gasteiger partial charge in [0, 0.05) is 19.5 Å². The van der Waals surface area contributed by atoms with E-state index >= 15 is 0 Å². The zero-order valence-corrected chi connectivity index (χ0v) is 15.6. The van der Waals surface area contributed by atoms with E-state index in [0.29, 0.717) is 25.2 Å². The molecule has 0 unspecified atom stereocenters. The van der Waals surface area contributed by atoms with Crippen molar-refractivity contribution < 1.29 is 9.59 Å². The van der Waals surface area contributed by atoms with Crippen molar-refractivity contribution in [3.63, 3.8) is 0 Å². The summed E-state index contributed by atoms with van der Waals surface area (Å²) in [5.41, 5.74) is 1.69. The Bertz CT molecular complexity index is 641. The van der Waals surface area contributed by atoms with Gasteiger partial charge in [0.2, 0.25) is 5.91 Å². The van der Waals surface area contributed by atoms with E-state index in [-0.39, 0.29) is 11.9 Å². The van der Waals surface area contributed by atoms with Crippen molar-refractivity contribution in [2.75, 3.05) is 11.4 Å². The average molecular weight is 340 g/mol. The first kappa shape index (κ1) is 20.4. The van der Waals surface area contributed by atoms with E-state index in [2.05, 4.69) is 0 Å². The van der Waals surface area contributed by atoms with Crippen LogP contribution in [0, 0.1) is 0 Å². The van der Waals surface area contributed by atoms with E-state index in [0.717, 1.165) is 5.56 Å². The molecule has 1 saturated heterocycles. The number of anilines is 1. The summed E-state index contributed by atoms with van der Waals surface area (Å²) in [4.78, 5) is 27.6. The van der Waals surface area contributed by atoms with Gasteiger partial charge in [0.25, 0.3) is 0 Å². The van der Waals surface area contributed by atoms with Gasteiger partial charge >= 0.3 is 6.03 Å². The van der Waals surface area contributed by atoms with Gasteiger partial charge in [-0.2, -0.15) is 0 Å². The molecule has 134 valence electrons. The largest absolute Gasteiger partial charge is 0.331 e. The minimum Gasteiger partial charge on any atom is -0.319 e. The Labute approximate surface area is 151 Å². The molecule has 0 spiro atoms. The number of urea groups is 1. The summed E-state index contributed by atoms with van der Waals surface area (Å²) >= 11 is 0. The number of hydrogen-bond acceptors (Lipinski definition) is 2. The molecule has 0 bridgehead atoms. The fraction of sp³-hybridized carbons (Fsp3) is 0.333. The van der Waals surface area contributed by atoms with Crippen molar-refractivity contribution in [1.82, 2.24) is 4.90 Å². The Morgan fingerprint density at radius 2 is 1.32 bits per heavy atom. The third-order valence-electron chi connectivity index (χ3n) is 3.54. The quantitative estimate of drug-likeness (QED) is 0.780. The normalized spacial score (nSPS) is 13.4. The molecule has 0 radical (unpaired) electrons. The van der Waals surface area contributed by atoms with Gasteiger partial charge in [-0.25, -0.2) is 9.69 Å². The molecule has 4 nitrogen and oxygen atoms in total. The molecule has 3 rings (SSSR count). The summed E-state index contributed by atoms with van der Waals surface area (Å²) < 4.78 is 0. The molecule has 0 N–H and O–H groups in total. The second-order valence-corrected chi connectivity index (χ2v) is 5.00. The minimum absolute atomic E-state index is 0.143. The zero-order chi connectivity index (χ0) is 18.7.